The molecule has 9 nitrogen and oxygen atoms in total. The van der Waals surface area contributed by atoms with Gasteiger partial charge in [0, 0.05) is 35.6 Å². The van der Waals surface area contributed by atoms with Crippen molar-refractivity contribution in [3.63, 3.8) is 0 Å². The summed E-state index contributed by atoms with van der Waals surface area (Å²) in [5.41, 5.74) is 0.0489. The predicted molar refractivity (Wildman–Crippen MR) is 135 cm³/mol. The lowest BCUT2D eigenvalue weighted by Gasteiger charge is -2.13. The molecule has 5 aromatic rings. The number of halogens is 2. The first-order chi connectivity index (χ1) is 18.3. The second kappa shape index (κ2) is 10.1. The molecule has 2 aromatic carbocycles. The minimum atomic E-state index is -0.786. The molecule has 0 aliphatic rings. The van der Waals surface area contributed by atoms with E-state index < -0.39 is 23.1 Å². The number of nitrogens with one attached hydrogen (secondary N) is 1. The third-order valence-corrected chi connectivity index (χ3v) is 5.65. The Labute approximate surface area is 214 Å². The van der Waals surface area contributed by atoms with Crippen LogP contribution in [0.1, 0.15) is 16.2 Å². The normalized spacial score (nSPS) is 10.8. The van der Waals surface area contributed by atoms with Crippen LogP contribution in [0, 0.1) is 18.6 Å². The van der Waals surface area contributed by atoms with Crippen molar-refractivity contribution in [2.75, 3.05) is 12.4 Å². The second-order valence-corrected chi connectivity index (χ2v) is 8.09. The molecule has 0 fully saturated rings. The number of carbonyl (C=O) groups excluding carboxylic acids is 1. The van der Waals surface area contributed by atoms with E-state index in [4.69, 9.17) is 9.47 Å². The van der Waals surface area contributed by atoms with E-state index in [1.165, 1.54) is 60.5 Å². The monoisotopic (exact) mass is 515 g/mol. The van der Waals surface area contributed by atoms with Gasteiger partial charge in [0.1, 0.15) is 23.0 Å². The van der Waals surface area contributed by atoms with Gasteiger partial charge in [0.25, 0.3) is 11.5 Å². The van der Waals surface area contributed by atoms with Gasteiger partial charge in [-0.3, -0.25) is 19.1 Å². The van der Waals surface area contributed by atoms with Crippen LogP contribution in [-0.2, 0) is 0 Å². The summed E-state index contributed by atoms with van der Waals surface area (Å²) in [7, 11) is 1.47. The maximum atomic E-state index is 14.9. The molecule has 1 N–H and O–H groups in total. The first-order valence-corrected chi connectivity index (χ1v) is 11.3. The molecule has 0 bridgehead atoms. The Kier molecular flexibility index (Phi) is 6.48. The first-order valence-electron chi connectivity index (χ1n) is 11.3. The molecule has 3 heterocycles. The fourth-order valence-corrected chi connectivity index (χ4v) is 3.77. The topological polar surface area (TPSA) is 108 Å². The molecule has 0 radical (unpaired) electrons. The van der Waals surface area contributed by atoms with Crippen molar-refractivity contribution in [3.05, 3.63) is 107 Å². The molecular formula is C27H19F2N5O4. The summed E-state index contributed by atoms with van der Waals surface area (Å²) in [4.78, 5) is 38.3. The maximum absolute atomic E-state index is 14.9. The molecule has 38 heavy (non-hydrogen) atoms. The molecule has 11 heteroatoms. The first kappa shape index (κ1) is 24.5. The average Bonchev–Trinajstić information content (AvgIpc) is 2.91. The molecule has 5 rings (SSSR count). The fourth-order valence-electron chi connectivity index (χ4n) is 3.77. The number of amides is 1. The van der Waals surface area contributed by atoms with Gasteiger partial charge in [-0.2, -0.15) is 0 Å². The van der Waals surface area contributed by atoms with Crippen LogP contribution in [0.3, 0.4) is 0 Å². The van der Waals surface area contributed by atoms with E-state index in [0.717, 1.165) is 12.3 Å². The van der Waals surface area contributed by atoms with E-state index in [1.54, 1.807) is 19.1 Å². The number of methoxy groups -OCH3 is 1. The van der Waals surface area contributed by atoms with Crippen LogP contribution >= 0.6 is 0 Å². The zero-order chi connectivity index (χ0) is 26.8. The van der Waals surface area contributed by atoms with E-state index in [-0.39, 0.29) is 17.0 Å². The number of hydrogen-bond donors (Lipinski definition) is 1. The number of rotatable bonds is 6. The lowest BCUT2D eigenvalue weighted by Crippen LogP contribution is -2.30. The van der Waals surface area contributed by atoms with Crippen LogP contribution in [0.15, 0.2) is 78.0 Å². The van der Waals surface area contributed by atoms with Crippen molar-refractivity contribution in [1.29, 1.82) is 0 Å². The molecule has 3 aromatic heterocycles. The number of hydrogen-bond acceptors (Lipinski definition) is 7. The summed E-state index contributed by atoms with van der Waals surface area (Å²) >= 11 is 0. The Morgan fingerprint density at radius 3 is 2.47 bits per heavy atom. The van der Waals surface area contributed by atoms with E-state index in [0.29, 0.717) is 34.0 Å². The van der Waals surface area contributed by atoms with E-state index in [1.807, 2.05) is 0 Å². The molecule has 0 aliphatic carbocycles. The maximum Gasteiger partial charge on any atom is 0.270 e. The third kappa shape index (κ3) is 4.76. The Bertz CT molecular complexity index is 1740. The Hall–Kier alpha value is -5.19. The van der Waals surface area contributed by atoms with Gasteiger partial charge in [0.15, 0.2) is 11.6 Å². The molecule has 190 valence electrons. The van der Waals surface area contributed by atoms with E-state index in [2.05, 4.69) is 20.3 Å². The minimum Gasteiger partial charge on any atom is -0.481 e. The van der Waals surface area contributed by atoms with Crippen molar-refractivity contribution in [2.24, 2.45) is 0 Å². The molecule has 0 aliphatic heterocycles. The van der Waals surface area contributed by atoms with Gasteiger partial charge in [-0.15, -0.1) is 0 Å². The predicted octanol–water partition coefficient (Wildman–Crippen LogP) is 4.82. The van der Waals surface area contributed by atoms with Crippen molar-refractivity contribution in [3.8, 4) is 23.1 Å². The number of ether oxygens (including phenoxy) is 2. The lowest BCUT2D eigenvalue weighted by molar-refractivity contribution is 0.102. The van der Waals surface area contributed by atoms with Gasteiger partial charge < -0.3 is 14.8 Å². The highest BCUT2D eigenvalue weighted by atomic mass is 19.1. The summed E-state index contributed by atoms with van der Waals surface area (Å²) in [6.45, 7) is 1.58. The standard InChI is InChI=1S/C27H19F2N5O4/c1-15-31-13-20(27(36)34(15)18-6-3-16(28)4-7-18)26(35)33-17-5-8-24(21(29)11-17)38-23-9-10-30-22-14-32-25(37-2)12-19(22)23/h3-14H,1-2H3,(H,33,35). The zero-order valence-corrected chi connectivity index (χ0v) is 20.1. The van der Waals surface area contributed by atoms with Gasteiger partial charge >= 0.3 is 0 Å². The third-order valence-electron chi connectivity index (χ3n) is 5.65. The molecule has 0 saturated carbocycles. The SMILES string of the molecule is COc1cc2c(Oc3ccc(NC(=O)c4cnc(C)n(-c5ccc(F)cc5)c4=O)cc3F)ccnc2cn1. The fraction of sp³-hybridized carbons (Fsp3) is 0.0741. The van der Waals surface area contributed by atoms with Crippen molar-refractivity contribution in [1.82, 2.24) is 19.5 Å². The molecule has 1 amide bonds. The van der Waals surface area contributed by atoms with Gasteiger partial charge in [-0.25, -0.2) is 18.7 Å². The van der Waals surface area contributed by atoms with Crippen LogP contribution < -0.4 is 20.3 Å². The van der Waals surface area contributed by atoms with Gasteiger partial charge in [-0.1, -0.05) is 0 Å². The number of carbonyl (C=O) groups is 1. The van der Waals surface area contributed by atoms with Crippen LogP contribution in [0.2, 0.25) is 0 Å². The quantitative estimate of drug-likeness (QED) is 0.346. The summed E-state index contributed by atoms with van der Waals surface area (Å²) in [6, 6.07) is 12.2. The number of aromatic nitrogens is 4. The van der Waals surface area contributed by atoms with Crippen molar-refractivity contribution in [2.45, 2.75) is 6.92 Å². The second-order valence-electron chi connectivity index (χ2n) is 8.09. The Balaban J connectivity index is 1.39. The van der Waals surface area contributed by atoms with Crippen LogP contribution in [0.25, 0.3) is 16.6 Å². The van der Waals surface area contributed by atoms with Gasteiger partial charge in [0.05, 0.1) is 24.5 Å². The number of pyridine rings is 2. The summed E-state index contributed by atoms with van der Waals surface area (Å²) in [5, 5.41) is 3.07. The van der Waals surface area contributed by atoms with Crippen LogP contribution in [0.4, 0.5) is 14.5 Å². The number of benzene rings is 2. The average molecular weight is 515 g/mol. The minimum absolute atomic E-state index is 0.0954. The molecule has 0 atom stereocenters. The number of anilines is 1. The summed E-state index contributed by atoms with van der Waals surface area (Å²) in [5.74, 6) is -1.11. The summed E-state index contributed by atoms with van der Waals surface area (Å²) in [6.07, 6.45) is 4.16. The zero-order valence-electron chi connectivity index (χ0n) is 20.1. The Morgan fingerprint density at radius 2 is 1.74 bits per heavy atom. The van der Waals surface area contributed by atoms with E-state index >= 15 is 0 Å². The number of aryl methyl sites for hydroxylation is 1. The van der Waals surface area contributed by atoms with Crippen molar-refractivity contribution >= 4 is 22.5 Å². The largest absolute Gasteiger partial charge is 0.481 e. The van der Waals surface area contributed by atoms with E-state index in [9.17, 15) is 18.4 Å². The highest BCUT2D eigenvalue weighted by Gasteiger charge is 2.18. The molecular weight excluding hydrogens is 496 g/mol. The van der Waals surface area contributed by atoms with Gasteiger partial charge in [0.2, 0.25) is 5.88 Å². The highest BCUT2D eigenvalue weighted by molar-refractivity contribution is 6.03. The van der Waals surface area contributed by atoms with Gasteiger partial charge in [-0.05, 0) is 49.4 Å². The van der Waals surface area contributed by atoms with Crippen LogP contribution in [-0.4, -0.2) is 32.5 Å². The highest BCUT2D eigenvalue weighted by Crippen LogP contribution is 2.32. The Morgan fingerprint density at radius 1 is 0.947 bits per heavy atom. The number of nitrogens with zero attached hydrogens (tertiary/aromatic N) is 4. The smallest absolute Gasteiger partial charge is 0.270 e. The number of fused-ring (bicyclic) bond motifs is 1. The van der Waals surface area contributed by atoms with Crippen molar-refractivity contribution < 1.29 is 23.0 Å². The van der Waals surface area contributed by atoms with Crippen LogP contribution in [0.5, 0.6) is 17.4 Å². The molecule has 0 saturated heterocycles. The molecule has 0 unspecified atom stereocenters. The lowest BCUT2D eigenvalue weighted by atomic mass is 10.2. The molecule has 0 spiro atoms. The summed E-state index contributed by atoms with van der Waals surface area (Å²) < 4.78 is 40.4.